The van der Waals surface area contributed by atoms with Crippen LogP contribution in [0, 0.1) is 0 Å². The molecule has 0 radical (unpaired) electrons. The number of hydrogen-bond acceptors (Lipinski definition) is 5. The number of nitrogens with zero attached hydrogens (tertiary/aromatic N) is 3. The van der Waals surface area contributed by atoms with Gasteiger partial charge in [0.1, 0.15) is 12.4 Å². The fourth-order valence-electron chi connectivity index (χ4n) is 4.28. The molecular weight excluding hydrogens is 406 g/mol. The van der Waals surface area contributed by atoms with Crippen LogP contribution in [0.3, 0.4) is 0 Å². The highest BCUT2D eigenvalue weighted by Crippen LogP contribution is 2.52. The van der Waals surface area contributed by atoms with Crippen molar-refractivity contribution in [2.24, 2.45) is 5.11 Å². The molecule has 7 heteroatoms. The van der Waals surface area contributed by atoms with Crippen LogP contribution in [-0.2, 0) is 13.0 Å². The fraction of sp³-hybridized carbons (Fsp3) is 0.280. The van der Waals surface area contributed by atoms with Crippen molar-refractivity contribution in [1.82, 2.24) is 0 Å². The van der Waals surface area contributed by atoms with E-state index in [9.17, 15) is 5.53 Å². The van der Waals surface area contributed by atoms with Crippen LogP contribution in [0.4, 0.5) is 0 Å². The summed E-state index contributed by atoms with van der Waals surface area (Å²) in [5.41, 5.74) is 14.0. The van der Waals surface area contributed by atoms with E-state index in [0.717, 1.165) is 27.8 Å². The van der Waals surface area contributed by atoms with E-state index in [1.807, 2.05) is 54.6 Å². The molecule has 0 aromatic heterocycles. The Bertz CT molecular complexity index is 1160. The van der Waals surface area contributed by atoms with Crippen LogP contribution in [0.2, 0.25) is 0 Å². The Morgan fingerprint density at radius 1 is 0.938 bits per heavy atom. The maximum Gasteiger partial charge on any atom is 0.203 e. The van der Waals surface area contributed by atoms with Crippen LogP contribution in [0.1, 0.15) is 29.2 Å². The van der Waals surface area contributed by atoms with Gasteiger partial charge < -0.3 is 18.9 Å². The second-order valence-electron chi connectivity index (χ2n) is 7.43. The lowest BCUT2D eigenvalue weighted by Crippen LogP contribution is -2.03. The van der Waals surface area contributed by atoms with Crippen LogP contribution >= 0.6 is 0 Å². The predicted octanol–water partition coefficient (Wildman–Crippen LogP) is 6.26. The number of rotatable bonds is 7. The number of aryl methyl sites for hydroxylation is 1. The van der Waals surface area contributed by atoms with Crippen molar-refractivity contribution in [2.75, 3.05) is 21.3 Å². The summed E-state index contributed by atoms with van der Waals surface area (Å²) in [5.74, 6) is 2.40. The average Bonchev–Trinajstić information content (AvgIpc) is 2.99. The van der Waals surface area contributed by atoms with Gasteiger partial charge >= 0.3 is 0 Å². The molecule has 0 amide bonds. The SMILES string of the molecule is COc1cc2c(c(OC)c1OC)-c1cccc(OCc3ccccc3)c1[C@@H](N=[N+]=[N-])CC2. The summed E-state index contributed by atoms with van der Waals surface area (Å²) in [5, 5.41) is 4.12. The molecule has 0 spiro atoms. The van der Waals surface area contributed by atoms with Crippen LogP contribution in [0.15, 0.2) is 59.7 Å². The maximum absolute atomic E-state index is 9.27. The van der Waals surface area contributed by atoms with E-state index in [4.69, 9.17) is 18.9 Å². The van der Waals surface area contributed by atoms with Gasteiger partial charge in [0.25, 0.3) is 0 Å². The van der Waals surface area contributed by atoms with Crippen molar-refractivity contribution in [1.29, 1.82) is 0 Å². The monoisotopic (exact) mass is 431 g/mol. The summed E-state index contributed by atoms with van der Waals surface area (Å²) in [4.78, 5) is 3.12. The second kappa shape index (κ2) is 9.54. The zero-order valence-electron chi connectivity index (χ0n) is 18.4. The third-order valence-corrected chi connectivity index (χ3v) is 5.70. The number of methoxy groups -OCH3 is 3. The highest BCUT2D eigenvalue weighted by atomic mass is 16.5. The number of fused-ring (bicyclic) bond motifs is 3. The molecule has 0 saturated carbocycles. The van der Waals surface area contributed by atoms with Crippen molar-refractivity contribution in [2.45, 2.75) is 25.5 Å². The van der Waals surface area contributed by atoms with Crippen molar-refractivity contribution in [3.63, 3.8) is 0 Å². The first-order chi connectivity index (χ1) is 15.7. The zero-order chi connectivity index (χ0) is 22.5. The van der Waals surface area contributed by atoms with E-state index < -0.39 is 0 Å². The minimum Gasteiger partial charge on any atom is -0.493 e. The molecule has 164 valence electrons. The summed E-state index contributed by atoms with van der Waals surface area (Å²) in [6, 6.07) is 17.4. The molecule has 4 rings (SSSR count). The molecule has 0 saturated heterocycles. The Morgan fingerprint density at radius 3 is 2.41 bits per heavy atom. The van der Waals surface area contributed by atoms with E-state index >= 15 is 0 Å². The van der Waals surface area contributed by atoms with Gasteiger partial charge in [-0.1, -0.05) is 47.6 Å². The van der Waals surface area contributed by atoms with E-state index in [0.29, 0.717) is 42.4 Å². The Balaban J connectivity index is 1.91. The van der Waals surface area contributed by atoms with Crippen LogP contribution in [0.25, 0.3) is 21.6 Å². The molecule has 1 atom stereocenters. The van der Waals surface area contributed by atoms with Gasteiger partial charge in [-0.05, 0) is 47.2 Å². The fourth-order valence-corrected chi connectivity index (χ4v) is 4.28. The zero-order valence-corrected chi connectivity index (χ0v) is 18.4. The lowest BCUT2D eigenvalue weighted by molar-refractivity contribution is 0.301. The third kappa shape index (κ3) is 3.90. The Kier molecular flexibility index (Phi) is 6.38. The highest BCUT2D eigenvalue weighted by molar-refractivity contribution is 5.84. The third-order valence-electron chi connectivity index (χ3n) is 5.70. The van der Waals surface area contributed by atoms with Crippen LogP contribution in [-0.4, -0.2) is 21.3 Å². The smallest absolute Gasteiger partial charge is 0.203 e. The topological polar surface area (TPSA) is 85.7 Å². The van der Waals surface area contributed by atoms with Gasteiger partial charge in [0, 0.05) is 16.0 Å². The number of benzene rings is 3. The van der Waals surface area contributed by atoms with Gasteiger partial charge in [-0.3, -0.25) is 0 Å². The van der Waals surface area contributed by atoms with Crippen LogP contribution in [0.5, 0.6) is 23.0 Å². The van der Waals surface area contributed by atoms with Crippen molar-refractivity contribution in [3.8, 4) is 34.1 Å². The molecule has 7 nitrogen and oxygen atoms in total. The molecule has 3 aromatic rings. The highest BCUT2D eigenvalue weighted by Gasteiger charge is 2.30. The van der Waals surface area contributed by atoms with Gasteiger partial charge in [-0.15, -0.1) is 0 Å². The lowest BCUT2D eigenvalue weighted by atomic mass is 9.93. The normalized spacial score (nSPS) is 14.3. The molecule has 0 fully saturated rings. The van der Waals surface area contributed by atoms with E-state index in [2.05, 4.69) is 10.0 Å². The van der Waals surface area contributed by atoms with Crippen molar-refractivity contribution < 1.29 is 18.9 Å². The van der Waals surface area contributed by atoms with E-state index in [1.54, 1.807) is 21.3 Å². The first-order valence-electron chi connectivity index (χ1n) is 10.4. The minimum absolute atomic E-state index is 0.379. The van der Waals surface area contributed by atoms with Gasteiger partial charge in [-0.25, -0.2) is 0 Å². The predicted molar refractivity (Wildman–Crippen MR) is 123 cm³/mol. The molecule has 0 heterocycles. The van der Waals surface area contributed by atoms with Crippen molar-refractivity contribution in [3.05, 3.63) is 81.7 Å². The average molecular weight is 431 g/mol. The first-order valence-corrected chi connectivity index (χ1v) is 10.4. The van der Waals surface area contributed by atoms with Gasteiger partial charge in [0.15, 0.2) is 11.5 Å². The van der Waals surface area contributed by atoms with E-state index in [-0.39, 0.29) is 6.04 Å². The van der Waals surface area contributed by atoms with Crippen LogP contribution < -0.4 is 18.9 Å². The summed E-state index contributed by atoms with van der Waals surface area (Å²) < 4.78 is 23.2. The second-order valence-corrected chi connectivity index (χ2v) is 7.43. The number of ether oxygens (including phenoxy) is 4. The van der Waals surface area contributed by atoms with Crippen molar-refractivity contribution >= 4 is 0 Å². The van der Waals surface area contributed by atoms with Gasteiger partial charge in [0.2, 0.25) is 5.75 Å². The molecular formula is C25H25N3O4. The molecule has 0 aliphatic heterocycles. The maximum atomic E-state index is 9.27. The largest absolute Gasteiger partial charge is 0.493 e. The van der Waals surface area contributed by atoms with Gasteiger partial charge in [-0.2, -0.15) is 0 Å². The molecule has 32 heavy (non-hydrogen) atoms. The number of azide groups is 1. The summed E-state index contributed by atoms with van der Waals surface area (Å²) in [6.45, 7) is 0.413. The quantitative estimate of drug-likeness (QED) is 0.251. The summed E-state index contributed by atoms with van der Waals surface area (Å²) in [6.07, 6.45) is 1.32. The molecule has 0 bridgehead atoms. The lowest BCUT2D eigenvalue weighted by Gasteiger charge is -2.21. The molecule has 0 N–H and O–H groups in total. The minimum atomic E-state index is -0.379. The van der Waals surface area contributed by atoms with Gasteiger partial charge in [0.05, 0.1) is 27.4 Å². The Hall–Kier alpha value is -3.83. The Morgan fingerprint density at radius 2 is 1.72 bits per heavy atom. The van der Waals surface area contributed by atoms with E-state index in [1.165, 1.54) is 0 Å². The summed E-state index contributed by atoms with van der Waals surface area (Å²) >= 11 is 0. The Labute approximate surface area is 187 Å². The summed E-state index contributed by atoms with van der Waals surface area (Å²) in [7, 11) is 4.81. The molecule has 3 aromatic carbocycles. The molecule has 0 unspecified atom stereocenters. The number of hydrogen-bond donors (Lipinski definition) is 0. The molecule has 1 aliphatic rings. The standard InChI is InChI=1S/C25H25N3O4/c1-29-21-14-17-12-13-19(27-28-26)23-18(22(17)25(31-3)24(21)30-2)10-7-11-20(23)32-15-16-8-5-4-6-9-16/h4-11,14,19H,12-13,15H2,1-3H3/t19-/m0/s1. The first kappa shape index (κ1) is 21.4. The molecule has 1 aliphatic carbocycles.